The number of aliphatic hydroxyl groups excluding tert-OH is 2. The first-order valence-corrected chi connectivity index (χ1v) is 13.8. The van der Waals surface area contributed by atoms with Crippen molar-refractivity contribution in [3.8, 4) is 5.75 Å². The number of likely N-dealkylation sites (N-methyl/N-ethyl adjacent to an activating group) is 1. The van der Waals surface area contributed by atoms with Gasteiger partial charge in [0.15, 0.2) is 17.1 Å². The number of fused-ring (bicyclic) bond motifs is 4. The van der Waals surface area contributed by atoms with Gasteiger partial charge in [0.05, 0.1) is 17.3 Å². The van der Waals surface area contributed by atoms with Crippen LogP contribution in [0, 0.1) is 23.6 Å². The molecule has 7 N–H and O–H groups in total. The van der Waals surface area contributed by atoms with E-state index in [1.165, 1.54) is 19.0 Å². The molecule has 1 heterocycles. The molecule has 0 aromatic heterocycles. The van der Waals surface area contributed by atoms with Gasteiger partial charge >= 0.3 is 0 Å². The maximum absolute atomic E-state index is 16.1. The van der Waals surface area contributed by atoms with Gasteiger partial charge in [-0.05, 0) is 45.7 Å². The van der Waals surface area contributed by atoms with E-state index in [1.54, 1.807) is 0 Å². The van der Waals surface area contributed by atoms with Crippen molar-refractivity contribution >= 4 is 34.8 Å². The number of primary amides is 1. The van der Waals surface area contributed by atoms with E-state index in [-0.39, 0.29) is 53.1 Å². The lowest BCUT2D eigenvalue weighted by atomic mass is 9.57. The van der Waals surface area contributed by atoms with Crippen LogP contribution >= 0.6 is 0 Å². The minimum Gasteiger partial charge on any atom is -0.508 e. The molecular weight excluding hydrogens is 537 g/mol. The number of nitrogens with zero attached hydrogens (tertiary/aromatic N) is 1. The number of rotatable bonds is 6. The number of phenols is 1. The lowest BCUT2D eigenvalue weighted by Crippen LogP contribution is -2.65. The SMILES string of the molecule is CCCCCC1Cc2c(F)c3c(c(O)c2NC1=O)C(O)=C1C(=O)[C@]2(O)C(O)=C(C(N)=O)C(=O)[C@@H](N(C)C)[C@@H]2C[C@@H]1C3. The molecule has 1 aromatic rings. The van der Waals surface area contributed by atoms with E-state index < -0.39 is 75.5 Å². The fraction of sp³-hybridized carbons (Fsp3) is 0.517. The number of Topliss-reactive ketones (excluding diaryl/α,β-unsaturated/α-hetero) is 2. The molecule has 0 radical (unpaired) electrons. The molecule has 2 amide bonds. The third-order valence-electron chi connectivity index (χ3n) is 9.15. The van der Waals surface area contributed by atoms with Gasteiger partial charge in [-0.1, -0.05) is 26.2 Å². The first-order chi connectivity index (χ1) is 19.3. The third-order valence-corrected chi connectivity index (χ3v) is 9.15. The Kier molecular flexibility index (Phi) is 6.98. The summed E-state index contributed by atoms with van der Waals surface area (Å²) in [5.74, 6) is -9.71. The second-order valence-corrected chi connectivity index (χ2v) is 11.7. The molecule has 3 aliphatic carbocycles. The number of hydrogen-bond donors (Lipinski definition) is 6. The average Bonchev–Trinajstić information content (AvgIpc) is 2.89. The van der Waals surface area contributed by atoms with Crippen molar-refractivity contribution < 1.29 is 44.0 Å². The molecule has 0 spiro atoms. The molecule has 5 atom stereocenters. The summed E-state index contributed by atoms with van der Waals surface area (Å²) in [5, 5.41) is 47.6. The monoisotopic (exact) mass is 571 g/mol. The number of unbranched alkanes of at least 4 members (excludes halogenated alkanes) is 2. The number of aromatic hydroxyl groups is 1. The van der Waals surface area contributed by atoms with Crippen LogP contribution in [0.1, 0.15) is 55.7 Å². The van der Waals surface area contributed by atoms with Crippen LogP contribution in [0.25, 0.3) is 5.76 Å². The summed E-state index contributed by atoms with van der Waals surface area (Å²) in [6.07, 6.45) is 2.97. The molecular formula is C29H34FN3O8. The lowest BCUT2D eigenvalue weighted by molar-refractivity contribution is -0.153. The van der Waals surface area contributed by atoms with E-state index in [4.69, 9.17) is 5.73 Å². The van der Waals surface area contributed by atoms with Gasteiger partial charge in [0.2, 0.25) is 11.7 Å². The Balaban J connectivity index is 1.65. The van der Waals surface area contributed by atoms with Crippen molar-refractivity contribution in [3.05, 3.63) is 39.4 Å². The highest BCUT2D eigenvalue weighted by Gasteiger charge is 2.64. The van der Waals surface area contributed by atoms with Crippen molar-refractivity contribution in [1.82, 2.24) is 4.90 Å². The molecule has 41 heavy (non-hydrogen) atoms. The van der Waals surface area contributed by atoms with Crippen LogP contribution in [0.4, 0.5) is 10.1 Å². The number of carbonyl (C=O) groups excluding carboxylic acids is 4. The molecule has 1 aliphatic heterocycles. The van der Waals surface area contributed by atoms with Crippen LogP contribution in [0.5, 0.6) is 5.75 Å². The number of amides is 2. The smallest absolute Gasteiger partial charge is 0.255 e. The van der Waals surface area contributed by atoms with Crippen molar-refractivity contribution in [2.24, 2.45) is 23.5 Å². The molecule has 220 valence electrons. The van der Waals surface area contributed by atoms with Crippen LogP contribution in [-0.2, 0) is 32.0 Å². The normalized spacial score (nSPS) is 29.2. The number of ketones is 2. The standard InChI is InChI=1S/C29H34FN3O8/c1-4-5-6-7-11-8-14-19(30)13-9-12-10-15-21(33(2)3)24(36)18(27(31)39)26(38)29(15,41)25(37)16(12)22(34)17(13)23(35)20(14)32-28(11)40/h11-12,15,21,34-35,38,41H,4-10H2,1-3H3,(H2,31,39)(H,32,40)/t11?,12-,15-,21-,29-/m0/s1. The van der Waals surface area contributed by atoms with Crippen LogP contribution in [0.3, 0.4) is 0 Å². The van der Waals surface area contributed by atoms with Gasteiger partial charge in [0.1, 0.15) is 22.9 Å². The summed E-state index contributed by atoms with van der Waals surface area (Å²) in [6, 6.07) is -1.23. The summed E-state index contributed by atoms with van der Waals surface area (Å²) in [7, 11) is 3.01. The quantitative estimate of drug-likeness (QED) is 0.168. The second-order valence-electron chi connectivity index (χ2n) is 11.7. The number of benzene rings is 1. The zero-order valence-corrected chi connectivity index (χ0v) is 23.1. The largest absolute Gasteiger partial charge is 0.508 e. The van der Waals surface area contributed by atoms with Gasteiger partial charge in [-0.15, -0.1) is 0 Å². The number of phenolic OH excluding ortho intramolecular Hbond substituents is 1. The first kappa shape index (κ1) is 28.7. The lowest BCUT2D eigenvalue weighted by Gasteiger charge is -2.50. The van der Waals surface area contributed by atoms with Crippen LogP contribution in [0.15, 0.2) is 16.9 Å². The number of nitrogens with two attached hydrogens (primary N) is 1. The van der Waals surface area contributed by atoms with Crippen molar-refractivity contribution in [2.45, 2.75) is 63.5 Å². The first-order valence-electron chi connectivity index (χ1n) is 13.8. The zero-order chi connectivity index (χ0) is 30.1. The number of aliphatic hydroxyl groups is 3. The Morgan fingerprint density at radius 2 is 1.80 bits per heavy atom. The Hall–Kier alpha value is -3.77. The van der Waals surface area contributed by atoms with Gasteiger partial charge in [-0.3, -0.25) is 24.1 Å². The number of hydrogen-bond acceptors (Lipinski definition) is 9. The van der Waals surface area contributed by atoms with E-state index in [0.717, 1.165) is 19.3 Å². The highest BCUT2D eigenvalue weighted by atomic mass is 19.1. The maximum atomic E-state index is 16.1. The molecule has 0 saturated heterocycles. The van der Waals surface area contributed by atoms with E-state index >= 15 is 4.39 Å². The number of anilines is 1. The summed E-state index contributed by atoms with van der Waals surface area (Å²) in [5.41, 5.74) is 0.746. The topological polar surface area (TPSA) is 190 Å². The fourth-order valence-corrected chi connectivity index (χ4v) is 7.16. The van der Waals surface area contributed by atoms with E-state index in [0.29, 0.717) is 6.42 Å². The summed E-state index contributed by atoms with van der Waals surface area (Å²) < 4.78 is 16.1. The van der Waals surface area contributed by atoms with Crippen molar-refractivity contribution in [1.29, 1.82) is 0 Å². The Morgan fingerprint density at radius 1 is 1.12 bits per heavy atom. The number of nitrogens with one attached hydrogen (secondary N) is 1. The molecule has 11 nitrogen and oxygen atoms in total. The number of carbonyl (C=O) groups is 4. The summed E-state index contributed by atoms with van der Waals surface area (Å²) in [6.45, 7) is 2.03. The highest BCUT2D eigenvalue weighted by molar-refractivity contribution is 6.24. The minimum absolute atomic E-state index is 0.0460. The Labute approximate surface area is 235 Å². The Bertz CT molecular complexity index is 1460. The molecule has 12 heteroatoms. The predicted molar refractivity (Wildman–Crippen MR) is 144 cm³/mol. The van der Waals surface area contributed by atoms with Crippen LogP contribution in [0.2, 0.25) is 0 Å². The predicted octanol–water partition coefficient (Wildman–Crippen LogP) is 1.79. The van der Waals surface area contributed by atoms with E-state index in [9.17, 15) is 39.6 Å². The molecule has 0 bridgehead atoms. The summed E-state index contributed by atoms with van der Waals surface area (Å²) >= 11 is 0. The van der Waals surface area contributed by atoms with E-state index in [1.807, 2.05) is 6.92 Å². The van der Waals surface area contributed by atoms with Crippen molar-refractivity contribution in [3.63, 3.8) is 0 Å². The number of halogens is 1. The fourth-order valence-electron chi connectivity index (χ4n) is 7.16. The van der Waals surface area contributed by atoms with Crippen LogP contribution in [-0.4, -0.2) is 74.4 Å². The van der Waals surface area contributed by atoms with Gasteiger partial charge in [0, 0.05) is 28.5 Å². The Morgan fingerprint density at radius 3 is 2.41 bits per heavy atom. The van der Waals surface area contributed by atoms with Gasteiger partial charge < -0.3 is 31.5 Å². The molecule has 5 rings (SSSR count). The van der Waals surface area contributed by atoms with Gasteiger partial charge in [0.25, 0.3) is 5.91 Å². The average molecular weight is 572 g/mol. The van der Waals surface area contributed by atoms with Crippen LogP contribution < -0.4 is 11.1 Å². The third kappa shape index (κ3) is 3.98. The zero-order valence-electron chi connectivity index (χ0n) is 23.1. The minimum atomic E-state index is -2.78. The molecule has 1 saturated carbocycles. The molecule has 4 aliphatic rings. The summed E-state index contributed by atoms with van der Waals surface area (Å²) in [4.78, 5) is 53.3. The van der Waals surface area contributed by atoms with Gasteiger partial charge in [-0.2, -0.15) is 0 Å². The molecule has 1 fully saturated rings. The highest BCUT2D eigenvalue weighted by Crippen LogP contribution is 2.54. The second kappa shape index (κ2) is 9.95. The van der Waals surface area contributed by atoms with E-state index in [2.05, 4.69) is 5.32 Å². The molecule has 1 unspecified atom stereocenters. The van der Waals surface area contributed by atoms with Gasteiger partial charge in [-0.25, -0.2) is 4.39 Å². The van der Waals surface area contributed by atoms with Crippen molar-refractivity contribution in [2.75, 3.05) is 19.4 Å². The maximum Gasteiger partial charge on any atom is 0.255 e. The molecule has 1 aromatic carbocycles.